The van der Waals surface area contributed by atoms with Crippen LogP contribution in [-0.2, 0) is 0 Å². The summed E-state index contributed by atoms with van der Waals surface area (Å²) in [6.07, 6.45) is 2.35. The quantitative estimate of drug-likeness (QED) is 0.784. The summed E-state index contributed by atoms with van der Waals surface area (Å²) in [6.45, 7) is 3.27. The molecule has 2 rings (SSSR count). The maximum atomic E-state index is 12.2. The molecule has 2 N–H and O–H groups in total. The van der Waals surface area contributed by atoms with Gasteiger partial charge in [-0.05, 0) is 37.8 Å². The molecule has 0 bridgehead atoms. The number of phenols is 2. The number of rotatable bonds is 4. The zero-order chi connectivity index (χ0) is 12.4. The van der Waals surface area contributed by atoms with Crippen molar-refractivity contribution in [3.05, 3.63) is 23.8 Å². The van der Waals surface area contributed by atoms with Gasteiger partial charge in [0.1, 0.15) is 0 Å². The first kappa shape index (κ1) is 11.8. The molecule has 4 nitrogen and oxygen atoms in total. The summed E-state index contributed by atoms with van der Waals surface area (Å²) < 4.78 is 0. The van der Waals surface area contributed by atoms with Crippen LogP contribution in [0.4, 0.5) is 0 Å². The minimum Gasteiger partial charge on any atom is -0.504 e. The third-order valence-corrected chi connectivity index (χ3v) is 3.09. The molecule has 0 heterocycles. The number of carbonyl (C=O) groups excluding carboxylic acids is 1. The predicted octanol–water partition coefficient (Wildman–Crippen LogP) is 1.97. The van der Waals surface area contributed by atoms with Gasteiger partial charge in [0.25, 0.3) is 5.91 Å². The van der Waals surface area contributed by atoms with Crippen LogP contribution in [0, 0.1) is 5.92 Å². The van der Waals surface area contributed by atoms with E-state index in [1.165, 1.54) is 25.0 Å². The number of aromatic hydroxyl groups is 2. The molecule has 17 heavy (non-hydrogen) atoms. The second-order valence-electron chi connectivity index (χ2n) is 4.46. The number of para-hydroxylation sites is 1. The lowest BCUT2D eigenvalue weighted by molar-refractivity contribution is 0.0753. The molecule has 0 aromatic heterocycles. The first-order valence-corrected chi connectivity index (χ1v) is 5.93. The Hall–Kier alpha value is -1.71. The Morgan fingerprint density at radius 3 is 2.71 bits per heavy atom. The van der Waals surface area contributed by atoms with E-state index in [9.17, 15) is 15.0 Å². The van der Waals surface area contributed by atoms with Gasteiger partial charge in [-0.2, -0.15) is 0 Å². The second-order valence-corrected chi connectivity index (χ2v) is 4.46. The molecule has 1 aliphatic carbocycles. The van der Waals surface area contributed by atoms with Gasteiger partial charge in [0.2, 0.25) is 0 Å². The summed E-state index contributed by atoms with van der Waals surface area (Å²) in [5, 5.41) is 19.0. The van der Waals surface area contributed by atoms with E-state index in [-0.39, 0.29) is 23.0 Å². The molecule has 1 fully saturated rings. The fourth-order valence-electron chi connectivity index (χ4n) is 1.84. The van der Waals surface area contributed by atoms with Crippen LogP contribution in [0.25, 0.3) is 0 Å². The molecule has 0 saturated heterocycles. The Balaban J connectivity index is 2.18. The van der Waals surface area contributed by atoms with Crippen LogP contribution in [0.15, 0.2) is 18.2 Å². The van der Waals surface area contributed by atoms with Crippen molar-refractivity contribution in [1.82, 2.24) is 4.90 Å². The van der Waals surface area contributed by atoms with E-state index in [4.69, 9.17) is 0 Å². The fourth-order valence-corrected chi connectivity index (χ4v) is 1.84. The number of phenolic OH excluding ortho intramolecular Hbond substituents is 2. The molecule has 1 saturated carbocycles. The van der Waals surface area contributed by atoms with Crippen LogP contribution in [0.1, 0.15) is 30.1 Å². The number of amides is 1. The highest BCUT2D eigenvalue weighted by atomic mass is 16.3. The van der Waals surface area contributed by atoms with Crippen molar-refractivity contribution in [2.75, 3.05) is 13.1 Å². The van der Waals surface area contributed by atoms with E-state index in [1.54, 1.807) is 11.0 Å². The molecule has 1 aromatic rings. The molecule has 1 aliphatic rings. The van der Waals surface area contributed by atoms with Gasteiger partial charge in [0.15, 0.2) is 11.5 Å². The van der Waals surface area contributed by atoms with E-state index in [0.29, 0.717) is 12.5 Å². The zero-order valence-electron chi connectivity index (χ0n) is 9.89. The van der Waals surface area contributed by atoms with Gasteiger partial charge >= 0.3 is 0 Å². The smallest absolute Gasteiger partial charge is 0.257 e. The zero-order valence-corrected chi connectivity index (χ0v) is 9.89. The Bertz CT molecular complexity index is 427. The molecule has 4 heteroatoms. The van der Waals surface area contributed by atoms with Gasteiger partial charge in [-0.3, -0.25) is 4.79 Å². The summed E-state index contributed by atoms with van der Waals surface area (Å²) >= 11 is 0. The monoisotopic (exact) mass is 235 g/mol. The lowest BCUT2D eigenvalue weighted by atomic mass is 10.1. The standard InChI is InChI=1S/C13H17NO3/c1-2-14(8-9-6-7-9)13(17)10-4-3-5-11(15)12(10)16/h3-5,9,15-16H,2,6-8H2,1H3. The Morgan fingerprint density at radius 1 is 1.41 bits per heavy atom. The normalized spacial score (nSPS) is 14.6. The number of hydrogen-bond donors (Lipinski definition) is 2. The average molecular weight is 235 g/mol. The summed E-state index contributed by atoms with van der Waals surface area (Å²) in [7, 11) is 0. The van der Waals surface area contributed by atoms with Crippen LogP contribution < -0.4 is 0 Å². The third-order valence-electron chi connectivity index (χ3n) is 3.09. The van der Waals surface area contributed by atoms with E-state index < -0.39 is 0 Å². The van der Waals surface area contributed by atoms with Crippen molar-refractivity contribution in [3.8, 4) is 11.5 Å². The van der Waals surface area contributed by atoms with Crippen LogP contribution in [0.2, 0.25) is 0 Å². The first-order chi connectivity index (χ1) is 8.13. The highest BCUT2D eigenvalue weighted by molar-refractivity contribution is 5.97. The molecule has 0 spiro atoms. The van der Waals surface area contributed by atoms with Gasteiger partial charge < -0.3 is 15.1 Å². The Labute approximate surface area is 100 Å². The first-order valence-electron chi connectivity index (χ1n) is 5.93. The minimum atomic E-state index is -0.327. The molecule has 0 atom stereocenters. The minimum absolute atomic E-state index is 0.174. The summed E-state index contributed by atoms with van der Waals surface area (Å²) in [4.78, 5) is 13.9. The number of hydrogen-bond acceptors (Lipinski definition) is 3. The van der Waals surface area contributed by atoms with Crippen molar-refractivity contribution in [2.24, 2.45) is 5.92 Å². The van der Waals surface area contributed by atoms with Crippen molar-refractivity contribution in [1.29, 1.82) is 0 Å². The van der Waals surface area contributed by atoms with E-state index in [2.05, 4.69) is 0 Å². The maximum absolute atomic E-state index is 12.2. The lowest BCUT2D eigenvalue weighted by Gasteiger charge is -2.21. The lowest BCUT2D eigenvalue weighted by Crippen LogP contribution is -2.32. The van der Waals surface area contributed by atoms with E-state index in [0.717, 1.165) is 6.54 Å². The van der Waals surface area contributed by atoms with E-state index >= 15 is 0 Å². The topological polar surface area (TPSA) is 60.8 Å². The fraction of sp³-hybridized carbons (Fsp3) is 0.462. The predicted molar refractivity (Wildman–Crippen MR) is 64.1 cm³/mol. The highest BCUT2D eigenvalue weighted by Crippen LogP contribution is 2.32. The van der Waals surface area contributed by atoms with Crippen LogP contribution in [0.5, 0.6) is 11.5 Å². The largest absolute Gasteiger partial charge is 0.504 e. The maximum Gasteiger partial charge on any atom is 0.257 e. The van der Waals surface area contributed by atoms with Crippen molar-refractivity contribution >= 4 is 5.91 Å². The summed E-state index contributed by atoms with van der Waals surface area (Å²) in [5.74, 6) is -0.184. The molecule has 0 radical (unpaired) electrons. The highest BCUT2D eigenvalue weighted by Gasteiger charge is 2.27. The van der Waals surface area contributed by atoms with Crippen molar-refractivity contribution in [3.63, 3.8) is 0 Å². The van der Waals surface area contributed by atoms with Gasteiger partial charge in [-0.1, -0.05) is 6.07 Å². The number of benzene rings is 1. The van der Waals surface area contributed by atoms with Gasteiger partial charge in [-0.25, -0.2) is 0 Å². The second kappa shape index (κ2) is 4.65. The van der Waals surface area contributed by atoms with Crippen molar-refractivity contribution in [2.45, 2.75) is 19.8 Å². The van der Waals surface area contributed by atoms with Gasteiger partial charge in [0, 0.05) is 13.1 Å². The number of carbonyl (C=O) groups is 1. The Kier molecular flexibility index (Phi) is 3.22. The summed E-state index contributed by atoms with van der Waals surface area (Å²) in [6, 6.07) is 4.46. The van der Waals surface area contributed by atoms with Crippen LogP contribution >= 0.6 is 0 Å². The Morgan fingerprint density at radius 2 is 2.12 bits per heavy atom. The third kappa shape index (κ3) is 2.52. The summed E-state index contributed by atoms with van der Waals surface area (Å²) in [5.41, 5.74) is 0.174. The van der Waals surface area contributed by atoms with E-state index in [1.807, 2.05) is 6.92 Å². The molecule has 0 aliphatic heterocycles. The van der Waals surface area contributed by atoms with Crippen LogP contribution in [-0.4, -0.2) is 34.1 Å². The molecular weight excluding hydrogens is 218 g/mol. The van der Waals surface area contributed by atoms with Gasteiger partial charge in [0.05, 0.1) is 5.56 Å². The molecule has 0 unspecified atom stereocenters. The molecular formula is C13H17NO3. The average Bonchev–Trinajstić information content (AvgIpc) is 3.13. The number of nitrogens with zero attached hydrogens (tertiary/aromatic N) is 1. The SMILES string of the molecule is CCN(CC1CC1)C(=O)c1cccc(O)c1O. The molecule has 1 aromatic carbocycles. The van der Waals surface area contributed by atoms with Crippen LogP contribution in [0.3, 0.4) is 0 Å². The van der Waals surface area contributed by atoms with Crippen molar-refractivity contribution < 1.29 is 15.0 Å². The van der Waals surface area contributed by atoms with Gasteiger partial charge in [-0.15, -0.1) is 0 Å². The molecule has 92 valence electrons. The molecule has 1 amide bonds.